The van der Waals surface area contributed by atoms with Crippen LogP contribution >= 0.6 is 0 Å². The summed E-state index contributed by atoms with van der Waals surface area (Å²) in [5, 5.41) is 61.2. The van der Waals surface area contributed by atoms with Crippen LogP contribution in [0.4, 0.5) is 0 Å². The second-order valence-electron chi connectivity index (χ2n) is 9.39. The summed E-state index contributed by atoms with van der Waals surface area (Å²) in [7, 11) is 0. The lowest BCUT2D eigenvalue weighted by atomic mass is 9.94. The van der Waals surface area contributed by atoms with Crippen LogP contribution in [0.25, 0.3) is 0 Å². The monoisotopic (exact) mass is 449 g/mol. The van der Waals surface area contributed by atoms with Gasteiger partial charge in [0.25, 0.3) is 0 Å². The van der Waals surface area contributed by atoms with E-state index < -0.39 is 61.3 Å². The summed E-state index contributed by atoms with van der Waals surface area (Å²) in [5.74, 6) is -1.52. The van der Waals surface area contributed by atoms with E-state index in [1.54, 1.807) is 0 Å². The van der Waals surface area contributed by atoms with Gasteiger partial charge in [-0.2, -0.15) is 0 Å². The maximum atomic E-state index is 12.5. The number of nitrogens with zero attached hydrogens (tertiary/aromatic N) is 1. The molecular weight excluding hydrogens is 414 g/mol. The lowest BCUT2D eigenvalue weighted by Crippen LogP contribution is -2.68. The highest BCUT2D eigenvalue weighted by Crippen LogP contribution is 2.36. The maximum absolute atomic E-state index is 12.5. The zero-order valence-corrected chi connectivity index (χ0v) is 18.1. The van der Waals surface area contributed by atoms with Gasteiger partial charge in [0.2, 0.25) is 5.91 Å². The Morgan fingerprint density at radius 3 is 2.45 bits per heavy atom. The third-order valence-electron chi connectivity index (χ3n) is 6.36. The van der Waals surface area contributed by atoms with Crippen LogP contribution in [0.5, 0.6) is 0 Å². The van der Waals surface area contributed by atoms with E-state index in [1.807, 2.05) is 0 Å². The lowest BCUT2D eigenvalue weighted by Gasteiger charge is -2.50. The van der Waals surface area contributed by atoms with Crippen molar-refractivity contribution < 1.29 is 49.6 Å². The Morgan fingerprint density at radius 1 is 1.16 bits per heavy atom. The number of likely N-dealkylation sites (tertiary alicyclic amines) is 1. The standard InChI is InChI=1S/C20H35NO10/c1-9(2)4-10-5-13(24)21(6-10)19-16(27)15(26)17(12(7-22)30-19)31-20(3)18(28)14(25)11(23)8-29-20/h9-12,14-19,22-23,25-28H,4-8H2,1-3H3/t10-,11?,12?,14?,15?,16?,17?,18?,19?,20?/m0/s1. The first-order valence-electron chi connectivity index (χ1n) is 10.8. The Bertz CT molecular complexity index is 633. The largest absolute Gasteiger partial charge is 0.394 e. The van der Waals surface area contributed by atoms with Gasteiger partial charge in [0.15, 0.2) is 12.0 Å². The summed E-state index contributed by atoms with van der Waals surface area (Å²) in [6.45, 7) is 4.88. The van der Waals surface area contributed by atoms with Crippen molar-refractivity contribution in [1.29, 1.82) is 0 Å². The molecular formula is C20H35NO10. The van der Waals surface area contributed by atoms with Crippen molar-refractivity contribution in [3.05, 3.63) is 0 Å². The van der Waals surface area contributed by atoms with E-state index in [0.29, 0.717) is 18.9 Å². The molecule has 0 spiro atoms. The number of aliphatic hydroxyl groups is 6. The smallest absolute Gasteiger partial charge is 0.225 e. The van der Waals surface area contributed by atoms with Crippen molar-refractivity contribution in [1.82, 2.24) is 4.90 Å². The van der Waals surface area contributed by atoms with Gasteiger partial charge < -0.3 is 49.7 Å². The first-order chi connectivity index (χ1) is 14.5. The molecule has 3 rings (SSSR count). The number of ether oxygens (including phenoxy) is 3. The van der Waals surface area contributed by atoms with Gasteiger partial charge >= 0.3 is 0 Å². The number of aliphatic hydroxyl groups excluding tert-OH is 6. The molecule has 0 radical (unpaired) electrons. The summed E-state index contributed by atoms with van der Waals surface area (Å²) in [6.07, 6.45) is -10.1. The van der Waals surface area contributed by atoms with Crippen LogP contribution < -0.4 is 0 Å². The van der Waals surface area contributed by atoms with E-state index in [-0.39, 0.29) is 18.4 Å². The molecule has 180 valence electrons. The third kappa shape index (κ3) is 4.90. The summed E-state index contributed by atoms with van der Waals surface area (Å²) < 4.78 is 16.8. The molecule has 1 amide bonds. The molecule has 0 aromatic heterocycles. The zero-order chi connectivity index (χ0) is 23.1. The van der Waals surface area contributed by atoms with Gasteiger partial charge in [-0.25, -0.2) is 0 Å². The number of carbonyl (C=O) groups is 1. The van der Waals surface area contributed by atoms with Gasteiger partial charge in [-0.3, -0.25) is 4.79 Å². The second-order valence-corrected chi connectivity index (χ2v) is 9.39. The molecule has 3 saturated heterocycles. The van der Waals surface area contributed by atoms with Gasteiger partial charge in [0, 0.05) is 13.0 Å². The molecule has 0 saturated carbocycles. The number of hydrogen-bond donors (Lipinski definition) is 6. The first kappa shape index (κ1) is 24.7. The molecule has 11 nitrogen and oxygen atoms in total. The fourth-order valence-corrected chi connectivity index (χ4v) is 4.68. The molecule has 0 aromatic rings. The molecule has 0 aliphatic carbocycles. The third-order valence-corrected chi connectivity index (χ3v) is 6.36. The molecule has 3 heterocycles. The van der Waals surface area contributed by atoms with Crippen LogP contribution in [0, 0.1) is 11.8 Å². The summed E-state index contributed by atoms with van der Waals surface area (Å²) in [5.41, 5.74) is 0. The molecule has 9 unspecified atom stereocenters. The van der Waals surface area contributed by atoms with Crippen molar-refractivity contribution >= 4 is 5.91 Å². The normalized spacial score (nSPS) is 46.7. The average Bonchev–Trinajstić information content (AvgIpc) is 3.06. The molecule has 11 heteroatoms. The quantitative estimate of drug-likeness (QED) is 0.256. The van der Waals surface area contributed by atoms with E-state index in [1.165, 1.54) is 11.8 Å². The summed E-state index contributed by atoms with van der Waals surface area (Å²) in [4.78, 5) is 13.9. The molecule has 6 N–H and O–H groups in total. The molecule has 3 fully saturated rings. The topological polar surface area (TPSA) is 169 Å². The molecule has 0 bridgehead atoms. The number of amides is 1. The number of carbonyl (C=O) groups excluding carboxylic acids is 1. The zero-order valence-electron chi connectivity index (χ0n) is 18.1. The van der Waals surface area contributed by atoms with Crippen molar-refractivity contribution in [2.45, 2.75) is 88.4 Å². The molecule has 31 heavy (non-hydrogen) atoms. The van der Waals surface area contributed by atoms with Gasteiger partial charge in [0.05, 0.1) is 13.2 Å². The fourth-order valence-electron chi connectivity index (χ4n) is 4.68. The number of rotatable bonds is 6. The summed E-state index contributed by atoms with van der Waals surface area (Å²) in [6, 6.07) is 0. The van der Waals surface area contributed by atoms with Crippen LogP contribution in [-0.4, -0.2) is 116 Å². The minimum Gasteiger partial charge on any atom is -0.394 e. The van der Waals surface area contributed by atoms with Crippen LogP contribution in [-0.2, 0) is 19.0 Å². The SMILES string of the molecule is CC(C)C[C@H]1CC(=O)N(C2OC(CO)C(OC3(C)OCC(O)C(O)C3O)C(O)C2O)C1. The van der Waals surface area contributed by atoms with Gasteiger partial charge in [-0.15, -0.1) is 0 Å². The summed E-state index contributed by atoms with van der Waals surface area (Å²) >= 11 is 0. The Balaban J connectivity index is 1.73. The molecule has 3 aliphatic rings. The Morgan fingerprint density at radius 2 is 1.84 bits per heavy atom. The Kier molecular flexibility index (Phi) is 7.61. The van der Waals surface area contributed by atoms with Crippen molar-refractivity contribution in [2.24, 2.45) is 11.8 Å². The molecule has 10 atom stereocenters. The van der Waals surface area contributed by atoms with Gasteiger partial charge in [-0.05, 0) is 25.2 Å². The highest BCUT2D eigenvalue weighted by Gasteiger charge is 2.55. The predicted molar refractivity (Wildman–Crippen MR) is 104 cm³/mol. The second kappa shape index (κ2) is 9.54. The van der Waals surface area contributed by atoms with E-state index in [2.05, 4.69) is 13.8 Å². The minimum absolute atomic E-state index is 0.111. The van der Waals surface area contributed by atoms with E-state index in [9.17, 15) is 35.4 Å². The van der Waals surface area contributed by atoms with E-state index in [4.69, 9.17) is 14.2 Å². The van der Waals surface area contributed by atoms with Crippen LogP contribution in [0.2, 0.25) is 0 Å². The van der Waals surface area contributed by atoms with Crippen molar-refractivity contribution in [3.8, 4) is 0 Å². The van der Waals surface area contributed by atoms with E-state index >= 15 is 0 Å². The van der Waals surface area contributed by atoms with Crippen LogP contribution in [0.15, 0.2) is 0 Å². The van der Waals surface area contributed by atoms with Gasteiger partial charge in [-0.1, -0.05) is 13.8 Å². The van der Waals surface area contributed by atoms with Crippen LogP contribution in [0.3, 0.4) is 0 Å². The predicted octanol–water partition coefficient (Wildman–Crippen LogP) is -2.47. The van der Waals surface area contributed by atoms with Crippen LogP contribution in [0.1, 0.15) is 33.6 Å². The molecule has 3 aliphatic heterocycles. The van der Waals surface area contributed by atoms with Gasteiger partial charge in [0.1, 0.15) is 42.7 Å². The Hall–Kier alpha value is -0.890. The lowest BCUT2D eigenvalue weighted by molar-refractivity contribution is -0.375. The molecule has 0 aromatic carbocycles. The maximum Gasteiger partial charge on any atom is 0.225 e. The average molecular weight is 449 g/mol. The van der Waals surface area contributed by atoms with Crippen molar-refractivity contribution in [2.75, 3.05) is 19.8 Å². The highest BCUT2D eigenvalue weighted by molar-refractivity contribution is 5.79. The fraction of sp³-hybridized carbons (Fsp3) is 0.950. The van der Waals surface area contributed by atoms with Crippen molar-refractivity contribution in [3.63, 3.8) is 0 Å². The first-order valence-corrected chi connectivity index (χ1v) is 10.8. The van der Waals surface area contributed by atoms with E-state index in [0.717, 1.165) is 6.42 Å². The Labute approximate surface area is 181 Å². The minimum atomic E-state index is -1.83. The number of hydrogen-bond acceptors (Lipinski definition) is 10. The highest BCUT2D eigenvalue weighted by atomic mass is 16.7.